The zero-order chi connectivity index (χ0) is 13.2. The van der Waals surface area contributed by atoms with Gasteiger partial charge in [0, 0.05) is 17.7 Å². The smallest absolute Gasteiger partial charge is 0.293 e. The van der Waals surface area contributed by atoms with Crippen LogP contribution in [0.1, 0.15) is 10.4 Å². The number of ketones is 1. The van der Waals surface area contributed by atoms with Gasteiger partial charge < -0.3 is 0 Å². The van der Waals surface area contributed by atoms with Gasteiger partial charge in [-0.15, -0.1) is 0 Å². The molecular formula is C8H4BrClN2O5. The minimum Gasteiger partial charge on any atom is -0.293 e. The second kappa shape index (κ2) is 5.19. The van der Waals surface area contributed by atoms with Gasteiger partial charge in [-0.1, -0.05) is 27.5 Å². The topological polar surface area (TPSA) is 103 Å². The Morgan fingerprint density at radius 1 is 1.24 bits per heavy atom. The van der Waals surface area contributed by atoms with Crippen LogP contribution in [0.25, 0.3) is 0 Å². The van der Waals surface area contributed by atoms with E-state index < -0.39 is 32.0 Å². The molecule has 9 heteroatoms. The SMILES string of the molecule is O=C(CBr)c1cc([N+](=O)[O-])c(Cl)c([N+](=O)[O-])c1. The van der Waals surface area contributed by atoms with E-state index in [1.54, 1.807) is 0 Å². The number of nitro benzene ring substituents is 2. The van der Waals surface area contributed by atoms with Crippen molar-refractivity contribution in [3.63, 3.8) is 0 Å². The second-order valence-corrected chi connectivity index (χ2v) is 3.84. The number of hydrogen-bond donors (Lipinski definition) is 0. The quantitative estimate of drug-likeness (QED) is 0.367. The van der Waals surface area contributed by atoms with Crippen molar-refractivity contribution in [3.8, 4) is 0 Å². The Kier molecular flexibility index (Phi) is 4.13. The Morgan fingerprint density at radius 3 is 1.94 bits per heavy atom. The number of nitrogens with zero attached hydrogens (tertiary/aromatic N) is 2. The molecular weight excluding hydrogens is 319 g/mol. The molecule has 1 rings (SSSR count). The van der Waals surface area contributed by atoms with Gasteiger partial charge in [-0.3, -0.25) is 25.0 Å². The third-order valence-corrected chi connectivity index (χ3v) is 2.77. The minimum absolute atomic E-state index is 0.0943. The molecule has 17 heavy (non-hydrogen) atoms. The summed E-state index contributed by atoms with van der Waals surface area (Å²) in [7, 11) is 0. The van der Waals surface area contributed by atoms with Crippen molar-refractivity contribution in [2.45, 2.75) is 0 Å². The molecule has 0 aliphatic heterocycles. The van der Waals surface area contributed by atoms with Gasteiger partial charge in [0.25, 0.3) is 11.4 Å². The number of benzene rings is 1. The molecule has 0 atom stereocenters. The fourth-order valence-corrected chi connectivity index (χ4v) is 1.67. The minimum atomic E-state index is -0.875. The highest BCUT2D eigenvalue weighted by molar-refractivity contribution is 9.09. The van der Waals surface area contributed by atoms with Crippen LogP contribution in [0.4, 0.5) is 11.4 Å². The first kappa shape index (κ1) is 13.5. The maximum Gasteiger partial charge on any atom is 0.295 e. The van der Waals surface area contributed by atoms with Gasteiger partial charge in [0.05, 0.1) is 15.2 Å². The summed E-state index contributed by atoms with van der Waals surface area (Å²) in [6.07, 6.45) is 0. The summed E-state index contributed by atoms with van der Waals surface area (Å²) in [5.41, 5.74) is -1.46. The molecule has 0 heterocycles. The Morgan fingerprint density at radius 2 is 1.65 bits per heavy atom. The maximum atomic E-state index is 11.3. The Labute approximate surface area is 108 Å². The molecule has 0 aliphatic rings. The van der Waals surface area contributed by atoms with E-state index in [2.05, 4.69) is 15.9 Å². The molecule has 0 bridgehead atoms. The summed E-state index contributed by atoms with van der Waals surface area (Å²) in [6, 6.07) is 1.83. The van der Waals surface area contributed by atoms with Crippen molar-refractivity contribution in [1.82, 2.24) is 0 Å². The normalized spacial score (nSPS) is 10.0. The van der Waals surface area contributed by atoms with Crippen LogP contribution in [0, 0.1) is 20.2 Å². The van der Waals surface area contributed by atoms with Crippen LogP contribution >= 0.6 is 27.5 Å². The van der Waals surface area contributed by atoms with Gasteiger partial charge in [-0.05, 0) is 0 Å². The number of carbonyl (C=O) groups excluding carboxylic acids is 1. The molecule has 1 aromatic rings. The van der Waals surface area contributed by atoms with Gasteiger partial charge >= 0.3 is 0 Å². The Bertz CT molecular complexity index is 484. The molecule has 90 valence electrons. The van der Waals surface area contributed by atoms with Crippen LogP contribution in [-0.2, 0) is 0 Å². The van der Waals surface area contributed by atoms with Crippen LogP contribution in [0.2, 0.25) is 5.02 Å². The van der Waals surface area contributed by atoms with Crippen molar-refractivity contribution >= 4 is 44.7 Å². The molecule has 0 aromatic heterocycles. The lowest BCUT2D eigenvalue weighted by Crippen LogP contribution is -2.04. The van der Waals surface area contributed by atoms with Crippen molar-refractivity contribution in [1.29, 1.82) is 0 Å². The van der Waals surface area contributed by atoms with E-state index in [0.717, 1.165) is 12.1 Å². The zero-order valence-corrected chi connectivity index (χ0v) is 10.4. The summed E-state index contributed by atoms with van der Waals surface area (Å²) >= 11 is 8.38. The second-order valence-electron chi connectivity index (χ2n) is 2.90. The number of halogens is 2. The average molecular weight is 323 g/mol. The highest BCUT2D eigenvalue weighted by Crippen LogP contribution is 2.35. The Balaban J connectivity index is 3.52. The van der Waals surface area contributed by atoms with Crippen molar-refractivity contribution < 1.29 is 14.6 Å². The van der Waals surface area contributed by atoms with Gasteiger partial charge in [-0.2, -0.15) is 0 Å². The third-order valence-electron chi connectivity index (χ3n) is 1.87. The average Bonchev–Trinajstić information content (AvgIpc) is 2.27. The van der Waals surface area contributed by atoms with Crippen molar-refractivity contribution in [2.75, 3.05) is 5.33 Å². The fraction of sp³-hybridized carbons (Fsp3) is 0.125. The highest BCUT2D eigenvalue weighted by atomic mass is 79.9. The summed E-state index contributed by atoms with van der Waals surface area (Å²) in [5.74, 6) is -0.507. The predicted molar refractivity (Wildman–Crippen MR) is 62.9 cm³/mol. The summed E-state index contributed by atoms with van der Waals surface area (Å²) in [5, 5.41) is 20.6. The van der Waals surface area contributed by atoms with Crippen LogP contribution in [-0.4, -0.2) is 21.0 Å². The fourth-order valence-electron chi connectivity index (χ4n) is 1.10. The zero-order valence-electron chi connectivity index (χ0n) is 8.05. The number of hydrogen-bond acceptors (Lipinski definition) is 5. The van der Waals surface area contributed by atoms with Gasteiger partial charge in [0.15, 0.2) is 10.8 Å². The molecule has 7 nitrogen and oxygen atoms in total. The molecule has 0 fully saturated rings. The van der Waals surface area contributed by atoms with E-state index in [1.165, 1.54) is 0 Å². The lowest BCUT2D eigenvalue weighted by molar-refractivity contribution is -0.393. The molecule has 0 unspecified atom stereocenters. The first-order valence-corrected chi connectivity index (χ1v) is 5.60. The lowest BCUT2D eigenvalue weighted by atomic mass is 10.1. The summed E-state index contributed by atoms with van der Waals surface area (Å²) < 4.78 is 0. The predicted octanol–water partition coefficient (Wildman–Crippen LogP) is 2.73. The number of nitro groups is 2. The van der Waals surface area contributed by atoms with E-state index in [1.807, 2.05) is 0 Å². The summed E-state index contributed by atoms with van der Waals surface area (Å²) in [6.45, 7) is 0. The Hall–Kier alpha value is -1.54. The number of Topliss-reactive ketones (excluding diaryl/α,β-unsaturated/α-hetero) is 1. The monoisotopic (exact) mass is 322 g/mol. The van der Waals surface area contributed by atoms with Crippen LogP contribution in [0.15, 0.2) is 12.1 Å². The van der Waals surface area contributed by atoms with E-state index >= 15 is 0 Å². The standard InChI is InChI=1S/C8H4BrClN2O5/c9-3-7(13)4-1-5(11(14)15)8(10)6(2-4)12(16)17/h1-2H,3H2. The number of rotatable bonds is 4. The molecule has 0 amide bonds. The van der Waals surface area contributed by atoms with Crippen LogP contribution in [0.5, 0.6) is 0 Å². The summed E-state index contributed by atoms with van der Waals surface area (Å²) in [4.78, 5) is 30.9. The van der Waals surface area contributed by atoms with Crippen LogP contribution in [0.3, 0.4) is 0 Å². The molecule has 1 aromatic carbocycles. The number of alkyl halides is 1. The molecule has 0 spiro atoms. The van der Waals surface area contributed by atoms with Crippen molar-refractivity contribution in [3.05, 3.63) is 42.9 Å². The van der Waals surface area contributed by atoms with Gasteiger partial charge in [0.2, 0.25) is 0 Å². The van der Waals surface area contributed by atoms with E-state index in [4.69, 9.17) is 11.6 Å². The van der Waals surface area contributed by atoms with E-state index in [-0.39, 0.29) is 10.9 Å². The van der Waals surface area contributed by atoms with E-state index in [0.29, 0.717) is 0 Å². The van der Waals surface area contributed by atoms with E-state index in [9.17, 15) is 25.0 Å². The maximum absolute atomic E-state index is 11.3. The van der Waals surface area contributed by atoms with Gasteiger partial charge in [-0.25, -0.2) is 0 Å². The van der Waals surface area contributed by atoms with Crippen molar-refractivity contribution in [2.24, 2.45) is 0 Å². The number of carbonyl (C=O) groups is 1. The highest BCUT2D eigenvalue weighted by Gasteiger charge is 2.26. The lowest BCUT2D eigenvalue weighted by Gasteiger charge is -2.01. The van der Waals surface area contributed by atoms with Crippen LogP contribution < -0.4 is 0 Å². The third kappa shape index (κ3) is 2.77. The van der Waals surface area contributed by atoms with Gasteiger partial charge in [0.1, 0.15) is 0 Å². The first-order valence-electron chi connectivity index (χ1n) is 4.10. The first-order chi connectivity index (χ1) is 7.88. The molecule has 0 radical (unpaired) electrons. The molecule has 0 saturated heterocycles. The largest absolute Gasteiger partial charge is 0.295 e. The molecule has 0 N–H and O–H groups in total. The molecule has 0 aliphatic carbocycles. The molecule has 0 saturated carbocycles.